The summed E-state index contributed by atoms with van der Waals surface area (Å²) in [6, 6.07) is 10.1. The third-order valence-corrected chi connectivity index (χ3v) is 4.48. The van der Waals surface area contributed by atoms with Crippen molar-refractivity contribution in [1.29, 1.82) is 0 Å². The van der Waals surface area contributed by atoms with E-state index in [4.69, 9.17) is 4.42 Å². The molecule has 0 saturated carbocycles. The molecule has 1 aromatic heterocycles. The van der Waals surface area contributed by atoms with Gasteiger partial charge in [-0.25, -0.2) is 9.59 Å². The standard InChI is InChI=1S/C20H19NO5/c1-11-12(2)19(23)26-18-15(11)8-9-17(22)16(18)10-21-14-6-4-13(5-7-14)20(24)25-3/h4-9,21-22H,10H2,1-3H3. The van der Waals surface area contributed by atoms with Crippen molar-refractivity contribution >= 4 is 22.6 Å². The van der Waals surface area contributed by atoms with Crippen LogP contribution in [0.25, 0.3) is 11.0 Å². The zero-order valence-corrected chi connectivity index (χ0v) is 14.8. The van der Waals surface area contributed by atoms with E-state index in [9.17, 15) is 14.7 Å². The van der Waals surface area contributed by atoms with Crippen molar-refractivity contribution in [2.45, 2.75) is 20.4 Å². The van der Waals surface area contributed by atoms with Gasteiger partial charge in [-0.2, -0.15) is 0 Å². The Hall–Kier alpha value is -3.28. The predicted octanol–water partition coefficient (Wildman–Crippen LogP) is 3.51. The van der Waals surface area contributed by atoms with Crippen molar-refractivity contribution in [3.8, 4) is 5.75 Å². The van der Waals surface area contributed by atoms with Gasteiger partial charge in [-0.15, -0.1) is 0 Å². The molecule has 3 aromatic rings. The largest absolute Gasteiger partial charge is 0.507 e. The van der Waals surface area contributed by atoms with E-state index in [0.717, 1.165) is 16.6 Å². The first-order valence-corrected chi connectivity index (χ1v) is 8.09. The average Bonchev–Trinajstić information content (AvgIpc) is 2.65. The van der Waals surface area contributed by atoms with Gasteiger partial charge in [0.1, 0.15) is 11.3 Å². The van der Waals surface area contributed by atoms with Gasteiger partial charge >= 0.3 is 11.6 Å². The Bertz CT molecular complexity index is 1030. The zero-order valence-electron chi connectivity index (χ0n) is 14.8. The summed E-state index contributed by atoms with van der Waals surface area (Å²) in [6.45, 7) is 3.83. The highest BCUT2D eigenvalue weighted by Crippen LogP contribution is 2.29. The van der Waals surface area contributed by atoms with Crippen LogP contribution in [0.4, 0.5) is 5.69 Å². The minimum atomic E-state index is -0.413. The monoisotopic (exact) mass is 353 g/mol. The number of aryl methyl sites for hydroxylation is 1. The highest BCUT2D eigenvalue weighted by molar-refractivity contribution is 5.89. The predicted molar refractivity (Wildman–Crippen MR) is 98.7 cm³/mol. The number of hydrogen-bond donors (Lipinski definition) is 2. The molecular weight excluding hydrogens is 334 g/mol. The van der Waals surface area contributed by atoms with Crippen LogP contribution in [0.3, 0.4) is 0 Å². The Morgan fingerprint density at radius 2 is 1.81 bits per heavy atom. The van der Waals surface area contributed by atoms with E-state index in [2.05, 4.69) is 10.1 Å². The van der Waals surface area contributed by atoms with Gasteiger partial charge in [-0.1, -0.05) is 0 Å². The molecule has 0 aliphatic rings. The van der Waals surface area contributed by atoms with Crippen LogP contribution in [-0.4, -0.2) is 18.2 Å². The molecule has 26 heavy (non-hydrogen) atoms. The second-order valence-electron chi connectivity index (χ2n) is 6.00. The number of rotatable bonds is 4. The van der Waals surface area contributed by atoms with E-state index in [1.54, 1.807) is 43.3 Å². The summed E-state index contributed by atoms with van der Waals surface area (Å²) in [4.78, 5) is 23.5. The van der Waals surface area contributed by atoms with E-state index in [0.29, 0.717) is 22.3 Å². The van der Waals surface area contributed by atoms with Gasteiger partial charge in [0.15, 0.2) is 0 Å². The molecule has 0 saturated heterocycles. The number of methoxy groups -OCH3 is 1. The van der Waals surface area contributed by atoms with E-state index >= 15 is 0 Å². The highest BCUT2D eigenvalue weighted by atomic mass is 16.5. The lowest BCUT2D eigenvalue weighted by Crippen LogP contribution is -2.08. The number of nitrogens with one attached hydrogen (secondary N) is 1. The fraction of sp³-hybridized carbons (Fsp3) is 0.200. The summed E-state index contributed by atoms with van der Waals surface area (Å²) in [5.74, 6) is -0.363. The van der Waals surface area contributed by atoms with Crippen LogP contribution >= 0.6 is 0 Å². The fourth-order valence-electron chi connectivity index (χ4n) is 2.76. The quantitative estimate of drug-likeness (QED) is 0.551. The molecule has 0 amide bonds. The fourth-order valence-corrected chi connectivity index (χ4v) is 2.76. The Morgan fingerprint density at radius 1 is 1.12 bits per heavy atom. The molecule has 0 unspecified atom stereocenters. The molecule has 2 aromatic carbocycles. The lowest BCUT2D eigenvalue weighted by Gasteiger charge is -2.12. The lowest BCUT2D eigenvalue weighted by atomic mass is 10.0. The van der Waals surface area contributed by atoms with Crippen LogP contribution < -0.4 is 10.9 Å². The first-order valence-electron chi connectivity index (χ1n) is 8.09. The molecule has 3 rings (SSSR count). The maximum atomic E-state index is 12.0. The van der Waals surface area contributed by atoms with Gasteiger partial charge in [0, 0.05) is 23.2 Å². The number of carbonyl (C=O) groups excluding carboxylic acids is 1. The van der Waals surface area contributed by atoms with Crippen LogP contribution in [0.15, 0.2) is 45.6 Å². The van der Waals surface area contributed by atoms with Crippen molar-refractivity contribution in [2.24, 2.45) is 0 Å². The topological polar surface area (TPSA) is 88.8 Å². The van der Waals surface area contributed by atoms with E-state index in [1.165, 1.54) is 7.11 Å². The van der Waals surface area contributed by atoms with Gasteiger partial charge in [-0.3, -0.25) is 0 Å². The van der Waals surface area contributed by atoms with Gasteiger partial charge in [0.2, 0.25) is 0 Å². The van der Waals surface area contributed by atoms with Crippen LogP contribution in [0.5, 0.6) is 5.75 Å². The van der Waals surface area contributed by atoms with Crippen LogP contribution in [0.1, 0.15) is 27.0 Å². The number of phenolic OH excluding ortho intramolecular Hbond substituents is 1. The number of esters is 1. The first kappa shape index (κ1) is 17.5. The number of hydrogen-bond acceptors (Lipinski definition) is 6. The first-order chi connectivity index (χ1) is 12.4. The third kappa shape index (κ3) is 3.13. The number of aromatic hydroxyl groups is 1. The van der Waals surface area contributed by atoms with E-state index < -0.39 is 11.6 Å². The Kier molecular flexibility index (Phi) is 4.67. The summed E-state index contributed by atoms with van der Waals surface area (Å²) >= 11 is 0. The maximum Gasteiger partial charge on any atom is 0.339 e. The number of fused-ring (bicyclic) bond motifs is 1. The molecule has 0 aliphatic heterocycles. The molecule has 0 radical (unpaired) electrons. The molecule has 1 heterocycles. The van der Waals surface area contributed by atoms with E-state index in [-0.39, 0.29) is 12.3 Å². The third-order valence-electron chi connectivity index (χ3n) is 4.48. The number of benzene rings is 2. The van der Waals surface area contributed by atoms with Crippen molar-refractivity contribution in [1.82, 2.24) is 0 Å². The van der Waals surface area contributed by atoms with Gasteiger partial charge in [0.05, 0.1) is 18.2 Å². The smallest absolute Gasteiger partial charge is 0.339 e. The van der Waals surface area contributed by atoms with Crippen molar-refractivity contribution in [2.75, 3.05) is 12.4 Å². The van der Waals surface area contributed by atoms with E-state index in [1.807, 2.05) is 6.92 Å². The Balaban J connectivity index is 1.93. The number of anilines is 1. The van der Waals surface area contributed by atoms with Crippen molar-refractivity contribution < 1.29 is 19.1 Å². The molecule has 0 aliphatic carbocycles. The Morgan fingerprint density at radius 3 is 2.46 bits per heavy atom. The average molecular weight is 353 g/mol. The highest BCUT2D eigenvalue weighted by Gasteiger charge is 2.14. The molecule has 6 nitrogen and oxygen atoms in total. The van der Waals surface area contributed by atoms with Gasteiger partial charge < -0.3 is 19.6 Å². The van der Waals surface area contributed by atoms with Gasteiger partial charge in [-0.05, 0) is 55.8 Å². The minimum Gasteiger partial charge on any atom is -0.507 e. The zero-order chi connectivity index (χ0) is 18.8. The summed E-state index contributed by atoms with van der Waals surface area (Å²) in [5, 5.41) is 14.2. The number of carbonyl (C=O) groups is 1. The van der Waals surface area contributed by atoms with Crippen LogP contribution in [0.2, 0.25) is 0 Å². The molecular formula is C20H19NO5. The molecule has 6 heteroatoms. The molecule has 0 spiro atoms. The SMILES string of the molecule is COC(=O)c1ccc(NCc2c(O)ccc3c(C)c(C)c(=O)oc23)cc1. The second-order valence-corrected chi connectivity index (χ2v) is 6.00. The molecule has 0 atom stereocenters. The molecule has 0 fully saturated rings. The molecule has 2 N–H and O–H groups in total. The minimum absolute atomic E-state index is 0.0441. The maximum absolute atomic E-state index is 12.0. The Labute approximate surface area is 150 Å². The number of ether oxygens (including phenoxy) is 1. The van der Waals surface area contributed by atoms with Gasteiger partial charge in [0.25, 0.3) is 0 Å². The number of phenols is 1. The summed E-state index contributed by atoms with van der Waals surface area (Å²) < 4.78 is 10.1. The van der Waals surface area contributed by atoms with Crippen molar-refractivity contribution in [3.63, 3.8) is 0 Å². The summed E-state index contributed by atoms with van der Waals surface area (Å²) in [5.41, 5.74) is 3.05. The molecule has 134 valence electrons. The van der Waals surface area contributed by atoms with Crippen LogP contribution in [0, 0.1) is 13.8 Å². The normalized spacial score (nSPS) is 10.7. The van der Waals surface area contributed by atoms with Crippen LogP contribution in [-0.2, 0) is 11.3 Å². The lowest BCUT2D eigenvalue weighted by molar-refractivity contribution is 0.0601. The van der Waals surface area contributed by atoms with Crippen molar-refractivity contribution in [3.05, 3.63) is 69.1 Å². The summed E-state index contributed by atoms with van der Waals surface area (Å²) in [7, 11) is 1.33. The summed E-state index contributed by atoms with van der Waals surface area (Å²) in [6.07, 6.45) is 0. The molecule has 0 bridgehead atoms. The second kappa shape index (κ2) is 6.92.